The Kier molecular flexibility index (Phi) is 2.56. The van der Waals surface area contributed by atoms with Gasteiger partial charge in [-0.05, 0) is 41.6 Å². The van der Waals surface area contributed by atoms with Gasteiger partial charge in [-0.15, -0.1) is 5.10 Å². The van der Waals surface area contributed by atoms with E-state index in [4.69, 9.17) is 16.1 Å². The van der Waals surface area contributed by atoms with Crippen molar-refractivity contribution in [1.82, 2.24) is 25.4 Å². The van der Waals surface area contributed by atoms with Crippen LogP contribution in [0.3, 0.4) is 0 Å². The van der Waals surface area contributed by atoms with E-state index in [0.717, 1.165) is 5.56 Å². The van der Waals surface area contributed by atoms with Crippen LogP contribution >= 0.6 is 11.6 Å². The van der Waals surface area contributed by atoms with Gasteiger partial charge in [0.1, 0.15) is 5.76 Å². The van der Waals surface area contributed by atoms with Gasteiger partial charge in [-0.2, -0.15) is 4.68 Å². The molecule has 7 heteroatoms. The van der Waals surface area contributed by atoms with Gasteiger partial charge in [-0.3, -0.25) is 0 Å². The lowest BCUT2D eigenvalue weighted by Gasteiger charge is -2.00. The second-order valence-corrected chi connectivity index (χ2v) is 4.15. The number of aryl methyl sites for hydroxylation is 1. The number of hydrogen-bond acceptors (Lipinski definition) is 5. The summed E-state index contributed by atoms with van der Waals surface area (Å²) in [5.74, 6) is 1.82. The minimum atomic E-state index is 0.544. The Labute approximate surface area is 107 Å². The molecule has 6 nitrogen and oxygen atoms in total. The summed E-state index contributed by atoms with van der Waals surface area (Å²) in [4.78, 5) is 0. The Morgan fingerprint density at radius 2 is 2.00 bits per heavy atom. The van der Waals surface area contributed by atoms with Crippen molar-refractivity contribution in [2.24, 2.45) is 0 Å². The molecule has 3 aromatic rings. The summed E-state index contributed by atoms with van der Waals surface area (Å²) in [7, 11) is 0. The molecule has 0 aliphatic carbocycles. The van der Waals surface area contributed by atoms with Gasteiger partial charge in [0.25, 0.3) is 0 Å². The molecule has 90 valence electrons. The van der Waals surface area contributed by atoms with Gasteiger partial charge in [0.15, 0.2) is 5.82 Å². The molecule has 0 N–H and O–H groups in total. The van der Waals surface area contributed by atoms with Crippen molar-refractivity contribution >= 4 is 11.6 Å². The maximum atomic E-state index is 5.85. The zero-order chi connectivity index (χ0) is 12.5. The molecule has 0 unspecified atom stereocenters. The van der Waals surface area contributed by atoms with Crippen molar-refractivity contribution in [3.05, 3.63) is 41.1 Å². The molecule has 0 aliphatic heterocycles. The highest BCUT2D eigenvalue weighted by molar-refractivity contribution is 6.30. The Morgan fingerprint density at radius 3 is 2.67 bits per heavy atom. The lowest BCUT2D eigenvalue weighted by Crippen LogP contribution is -1.99. The first-order valence-electron chi connectivity index (χ1n) is 5.22. The Bertz CT molecular complexity index is 673. The van der Waals surface area contributed by atoms with Crippen LogP contribution in [0.15, 0.2) is 34.9 Å². The van der Waals surface area contributed by atoms with Gasteiger partial charge in [0.2, 0.25) is 5.82 Å². The quantitative estimate of drug-likeness (QED) is 0.708. The lowest BCUT2D eigenvalue weighted by molar-refractivity contribution is 0.393. The molecule has 0 bridgehead atoms. The summed E-state index contributed by atoms with van der Waals surface area (Å²) in [6, 6.07) is 9.01. The summed E-state index contributed by atoms with van der Waals surface area (Å²) in [6.45, 7) is 1.81. The molecular weight excluding hydrogens is 254 g/mol. The average Bonchev–Trinajstić information content (AvgIpc) is 2.98. The third-order valence-corrected chi connectivity index (χ3v) is 2.66. The topological polar surface area (TPSA) is 69.6 Å². The largest absolute Gasteiger partial charge is 0.359 e. The van der Waals surface area contributed by atoms with Crippen molar-refractivity contribution < 1.29 is 4.52 Å². The van der Waals surface area contributed by atoms with Crippen LogP contribution in [0.2, 0.25) is 5.02 Å². The van der Waals surface area contributed by atoms with Gasteiger partial charge in [-0.1, -0.05) is 16.8 Å². The van der Waals surface area contributed by atoms with E-state index in [1.807, 2.05) is 19.1 Å². The van der Waals surface area contributed by atoms with Crippen molar-refractivity contribution in [2.75, 3.05) is 0 Å². The molecule has 0 fully saturated rings. The summed E-state index contributed by atoms with van der Waals surface area (Å²) >= 11 is 5.85. The first-order chi connectivity index (χ1) is 8.74. The fourth-order valence-corrected chi connectivity index (χ4v) is 1.70. The number of rotatable bonds is 2. The molecule has 0 saturated heterocycles. The monoisotopic (exact) mass is 261 g/mol. The highest BCUT2D eigenvalue weighted by Crippen LogP contribution is 2.21. The maximum absolute atomic E-state index is 5.85. The fourth-order valence-electron chi connectivity index (χ4n) is 1.57. The first-order valence-corrected chi connectivity index (χ1v) is 5.60. The SMILES string of the molecule is Cc1cc(-n2nnnc2-c2ccc(Cl)cc2)no1. The summed E-state index contributed by atoms with van der Waals surface area (Å²) in [6.07, 6.45) is 0. The molecular formula is C11H8ClN5O. The number of aromatic nitrogens is 5. The van der Waals surface area contributed by atoms with Crippen LogP contribution in [0, 0.1) is 6.92 Å². The molecule has 3 rings (SSSR count). The van der Waals surface area contributed by atoms with E-state index in [1.54, 1.807) is 18.2 Å². The minimum Gasteiger partial charge on any atom is -0.359 e. The van der Waals surface area contributed by atoms with Crippen LogP contribution in [-0.4, -0.2) is 25.4 Å². The molecule has 0 atom stereocenters. The minimum absolute atomic E-state index is 0.544. The van der Waals surface area contributed by atoms with E-state index in [-0.39, 0.29) is 0 Å². The standard InChI is InChI=1S/C11H8ClN5O/c1-7-6-10(14-18-7)17-11(13-15-16-17)8-2-4-9(12)5-3-8/h2-6H,1H3. The van der Waals surface area contributed by atoms with E-state index in [9.17, 15) is 0 Å². The average molecular weight is 262 g/mol. The fraction of sp³-hybridized carbons (Fsp3) is 0.0909. The van der Waals surface area contributed by atoms with Crippen LogP contribution < -0.4 is 0 Å². The zero-order valence-corrected chi connectivity index (χ0v) is 10.2. The van der Waals surface area contributed by atoms with Crippen molar-refractivity contribution in [2.45, 2.75) is 6.92 Å². The van der Waals surface area contributed by atoms with E-state index in [1.165, 1.54) is 4.68 Å². The molecule has 0 saturated carbocycles. The third-order valence-electron chi connectivity index (χ3n) is 2.40. The van der Waals surface area contributed by atoms with E-state index < -0.39 is 0 Å². The summed E-state index contributed by atoms with van der Waals surface area (Å²) in [5.41, 5.74) is 0.852. The summed E-state index contributed by atoms with van der Waals surface area (Å²) < 4.78 is 6.52. The van der Waals surface area contributed by atoms with Crippen LogP contribution in [-0.2, 0) is 0 Å². The van der Waals surface area contributed by atoms with Gasteiger partial charge < -0.3 is 4.52 Å². The number of tetrazole rings is 1. The van der Waals surface area contributed by atoms with Crippen LogP contribution in [0.4, 0.5) is 0 Å². The lowest BCUT2D eigenvalue weighted by atomic mass is 10.2. The van der Waals surface area contributed by atoms with Crippen molar-refractivity contribution in [3.8, 4) is 17.2 Å². The number of nitrogens with zero attached hydrogens (tertiary/aromatic N) is 5. The number of benzene rings is 1. The van der Waals surface area contributed by atoms with Gasteiger partial charge >= 0.3 is 0 Å². The molecule has 0 radical (unpaired) electrons. The molecule has 2 heterocycles. The van der Waals surface area contributed by atoms with E-state index >= 15 is 0 Å². The zero-order valence-electron chi connectivity index (χ0n) is 9.41. The van der Waals surface area contributed by atoms with Crippen molar-refractivity contribution in [3.63, 3.8) is 0 Å². The van der Waals surface area contributed by atoms with E-state index in [0.29, 0.717) is 22.4 Å². The number of halogens is 1. The highest BCUT2D eigenvalue weighted by Gasteiger charge is 2.13. The van der Waals surface area contributed by atoms with Crippen LogP contribution in [0.5, 0.6) is 0 Å². The molecule has 0 amide bonds. The highest BCUT2D eigenvalue weighted by atomic mass is 35.5. The summed E-state index contributed by atoms with van der Waals surface area (Å²) in [5, 5.41) is 16.1. The molecule has 0 aliphatic rings. The normalized spacial score (nSPS) is 10.8. The van der Waals surface area contributed by atoms with Gasteiger partial charge in [0, 0.05) is 16.7 Å². The van der Waals surface area contributed by atoms with Crippen molar-refractivity contribution in [1.29, 1.82) is 0 Å². The Morgan fingerprint density at radius 1 is 1.22 bits per heavy atom. The van der Waals surface area contributed by atoms with E-state index in [2.05, 4.69) is 20.7 Å². The van der Waals surface area contributed by atoms with Crippen LogP contribution in [0.25, 0.3) is 17.2 Å². The van der Waals surface area contributed by atoms with Gasteiger partial charge in [0.05, 0.1) is 0 Å². The van der Waals surface area contributed by atoms with Gasteiger partial charge in [-0.25, -0.2) is 0 Å². The first kappa shape index (κ1) is 10.9. The second-order valence-electron chi connectivity index (χ2n) is 3.72. The second kappa shape index (κ2) is 4.23. The molecule has 0 spiro atoms. The predicted octanol–water partition coefficient (Wildman–Crippen LogP) is 2.28. The number of hydrogen-bond donors (Lipinski definition) is 0. The molecule has 1 aromatic carbocycles. The smallest absolute Gasteiger partial charge is 0.200 e. The third kappa shape index (κ3) is 1.86. The molecule has 2 aromatic heterocycles. The predicted molar refractivity (Wildman–Crippen MR) is 64.4 cm³/mol. The molecule has 18 heavy (non-hydrogen) atoms. The Balaban J connectivity index is 2.09. The Hall–Kier alpha value is -2.21. The maximum Gasteiger partial charge on any atom is 0.200 e. The van der Waals surface area contributed by atoms with Crippen LogP contribution in [0.1, 0.15) is 5.76 Å².